The normalized spacial score (nSPS) is 17.4. The molecule has 3 rings (SSSR count). The number of hydrogen-bond acceptors (Lipinski definition) is 5. The summed E-state index contributed by atoms with van der Waals surface area (Å²) in [6.07, 6.45) is 1.24. The first-order chi connectivity index (χ1) is 14.2. The van der Waals surface area contributed by atoms with Crippen LogP contribution < -0.4 is 14.8 Å². The van der Waals surface area contributed by atoms with Crippen LogP contribution in [-0.2, 0) is 14.8 Å². The fourth-order valence-electron chi connectivity index (χ4n) is 3.79. The number of carbonyl (C=O) groups is 1. The summed E-state index contributed by atoms with van der Waals surface area (Å²) in [6.45, 7) is 4.42. The number of benzene rings is 2. The van der Waals surface area contributed by atoms with E-state index in [2.05, 4.69) is 5.32 Å². The van der Waals surface area contributed by atoms with Crippen molar-refractivity contribution in [2.45, 2.75) is 31.6 Å². The van der Waals surface area contributed by atoms with Gasteiger partial charge in [-0.1, -0.05) is 6.07 Å². The molecule has 1 saturated heterocycles. The van der Waals surface area contributed by atoms with Crippen LogP contribution in [0.25, 0.3) is 0 Å². The van der Waals surface area contributed by atoms with Crippen LogP contribution >= 0.6 is 0 Å². The fraction of sp³-hybridized carbons (Fsp3) is 0.409. The highest BCUT2D eigenvalue weighted by Gasteiger charge is 2.35. The van der Waals surface area contributed by atoms with E-state index in [0.717, 1.165) is 16.8 Å². The van der Waals surface area contributed by atoms with Crippen LogP contribution in [0.3, 0.4) is 0 Å². The van der Waals surface area contributed by atoms with Crippen molar-refractivity contribution in [2.75, 3.05) is 32.6 Å². The highest BCUT2D eigenvalue weighted by molar-refractivity contribution is 7.89. The number of nitrogens with one attached hydrogen (secondary N) is 1. The second kappa shape index (κ2) is 9.06. The zero-order valence-corrected chi connectivity index (χ0v) is 18.6. The van der Waals surface area contributed by atoms with Gasteiger partial charge >= 0.3 is 0 Å². The van der Waals surface area contributed by atoms with Crippen LogP contribution in [-0.4, -0.2) is 45.9 Å². The van der Waals surface area contributed by atoms with E-state index in [1.807, 2.05) is 32.0 Å². The van der Waals surface area contributed by atoms with Gasteiger partial charge in [0.1, 0.15) is 16.4 Å². The molecule has 1 fully saturated rings. The Labute approximate surface area is 178 Å². The van der Waals surface area contributed by atoms with E-state index in [9.17, 15) is 13.2 Å². The van der Waals surface area contributed by atoms with Gasteiger partial charge in [0.2, 0.25) is 15.9 Å². The highest BCUT2D eigenvalue weighted by Crippen LogP contribution is 2.33. The number of rotatable bonds is 6. The van der Waals surface area contributed by atoms with E-state index in [1.165, 1.54) is 24.6 Å². The third-order valence-corrected chi connectivity index (χ3v) is 7.12. The Morgan fingerprint density at radius 2 is 1.77 bits per heavy atom. The number of ether oxygens (including phenoxy) is 2. The second-order valence-corrected chi connectivity index (χ2v) is 9.49. The summed E-state index contributed by atoms with van der Waals surface area (Å²) in [7, 11) is -0.935. The number of methoxy groups -OCH3 is 2. The molecule has 0 aromatic heterocycles. The minimum absolute atomic E-state index is 0.0414. The van der Waals surface area contributed by atoms with Gasteiger partial charge in [-0.2, -0.15) is 4.31 Å². The topological polar surface area (TPSA) is 84.9 Å². The fourth-order valence-corrected chi connectivity index (χ4v) is 5.49. The molecule has 1 aliphatic heterocycles. The van der Waals surface area contributed by atoms with Gasteiger partial charge in [0, 0.05) is 24.8 Å². The predicted octanol–water partition coefficient (Wildman–Crippen LogP) is 3.36. The number of anilines is 1. The average Bonchev–Trinajstić information content (AvgIpc) is 2.72. The van der Waals surface area contributed by atoms with Crippen LogP contribution in [0.5, 0.6) is 11.5 Å². The lowest BCUT2D eigenvalue weighted by molar-refractivity contribution is -0.120. The van der Waals surface area contributed by atoms with E-state index in [4.69, 9.17) is 9.47 Å². The first-order valence-electron chi connectivity index (χ1n) is 9.86. The number of hydrogen-bond donors (Lipinski definition) is 1. The van der Waals surface area contributed by atoms with Crippen molar-refractivity contribution in [1.82, 2.24) is 4.31 Å². The zero-order valence-electron chi connectivity index (χ0n) is 17.8. The minimum atomic E-state index is -3.84. The molecule has 0 spiro atoms. The maximum absolute atomic E-state index is 13.3. The van der Waals surface area contributed by atoms with Gasteiger partial charge in [-0.25, -0.2) is 8.42 Å². The first-order valence-corrected chi connectivity index (χ1v) is 11.3. The SMILES string of the molecule is COc1ccc(OC)c(S(=O)(=O)N2CCCC(C(=O)Nc3cc(C)cc(C)c3)C2)c1. The van der Waals surface area contributed by atoms with Crippen molar-refractivity contribution in [1.29, 1.82) is 0 Å². The standard InChI is InChI=1S/C22H28N2O5S/c1-15-10-16(2)12-18(11-15)23-22(25)17-6-5-9-24(14-17)30(26,27)21-13-19(28-3)7-8-20(21)29-4/h7-8,10-13,17H,5-6,9,14H2,1-4H3,(H,23,25). The van der Waals surface area contributed by atoms with Gasteiger partial charge in [0.25, 0.3) is 0 Å². The van der Waals surface area contributed by atoms with Crippen molar-refractivity contribution in [2.24, 2.45) is 5.92 Å². The Hall–Kier alpha value is -2.58. The van der Waals surface area contributed by atoms with Crippen molar-refractivity contribution in [3.05, 3.63) is 47.5 Å². The van der Waals surface area contributed by atoms with Crippen LogP contribution in [0.1, 0.15) is 24.0 Å². The number of nitrogens with zero attached hydrogens (tertiary/aromatic N) is 1. The summed E-state index contributed by atoms with van der Waals surface area (Å²) in [5.74, 6) is 0.0801. The van der Waals surface area contributed by atoms with E-state index >= 15 is 0 Å². The Bertz CT molecular complexity index is 1020. The summed E-state index contributed by atoms with van der Waals surface area (Å²) in [5.41, 5.74) is 2.85. The van der Waals surface area contributed by atoms with Crippen LogP contribution in [0.2, 0.25) is 0 Å². The molecule has 2 aromatic rings. The van der Waals surface area contributed by atoms with Gasteiger partial charge in [-0.15, -0.1) is 0 Å². The van der Waals surface area contributed by atoms with Crippen molar-refractivity contribution in [3.63, 3.8) is 0 Å². The van der Waals surface area contributed by atoms with Gasteiger partial charge in [-0.3, -0.25) is 4.79 Å². The number of sulfonamides is 1. The molecule has 0 radical (unpaired) electrons. The lowest BCUT2D eigenvalue weighted by Crippen LogP contribution is -2.43. The van der Waals surface area contributed by atoms with Gasteiger partial charge in [0.05, 0.1) is 20.1 Å². The van der Waals surface area contributed by atoms with Crippen molar-refractivity contribution < 1.29 is 22.7 Å². The Balaban J connectivity index is 1.80. The molecule has 0 aliphatic carbocycles. The summed E-state index contributed by atoms with van der Waals surface area (Å²) >= 11 is 0. The summed E-state index contributed by atoms with van der Waals surface area (Å²) in [4.78, 5) is 12.9. The number of carbonyl (C=O) groups excluding carboxylic acids is 1. The Morgan fingerprint density at radius 3 is 2.40 bits per heavy atom. The Morgan fingerprint density at radius 1 is 1.07 bits per heavy atom. The second-order valence-electron chi connectivity index (χ2n) is 7.58. The van der Waals surface area contributed by atoms with Crippen molar-refractivity contribution >= 4 is 21.6 Å². The molecule has 1 amide bonds. The van der Waals surface area contributed by atoms with Crippen LogP contribution in [0.4, 0.5) is 5.69 Å². The van der Waals surface area contributed by atoms with Gasteiger partial charge < -0.3 is 14.8 Å². The molecule has 30 heavy (non-hydrogen) atoms. The number of aryl methyl sites for hydroxylation is 2. The maximum Gasteiger partial charge on any atom is 0.246 e. The molecular weight excluding hydrogens is 404 g/mol. The third-order valence-electron chi connectivity index (χ3n) is 5.23. The summed E-state index contributed by atoms with van der Waals surface area (Å²) in [6, 6.07) is 10.5. The molecule has 2 aromatic carbocycles. The monoisotopic (exact) mass is 432 g/mol. The molecule has 1 N–H and O–H groups in total. The lowest BCUT2D eigenvalue weighted by atomic mass is 9.98. The third kappa shape index (κ3) is 4.76. The molecule has 1 aliphatic rings. The molecular formula is C22H28N2O5S. The quantitative estimate of drug-likeness (QED) is 0.757. The van der Waals surface area contributed by atoms with E-state index in [1.54, 1.807) is 12.1 Å². The van der Waals surface area contributed by atoms with E-state index in [-0.39, 0.29) is 23.1 Å². The van der Waals surface area contributed by atoms with Gasteiger partial charge in [-0.05, 0) is 62.1 Å². The molecule has 0 bridgehead atoms. The molecule has 8 heteroatoms. The Kier molecular flexibility index (Phi) is 6.67. The molecule has 162 valence electrons. The van der Waals surface area contributed by atoms with E-state index < -0.39 is 15.9 Å². The molecule has 7 nitrogen and oxygen atoms in total. The molecule has 1 atom stereocenters. The average molecular weight is 433 g/mol. The summed E-state index contributed by atoms with van der Waals surface area (Å²) in [5, 5.41) is 2.94. The highest BCUT2D eigenvalue weighted by atomic mass is 32.2. The number of piperidine rings is 1. The molecule has 1 unspecified atom stereocenters. The smallest absolute Gasteiger partial charge is 0.246 e. The zero-order chi connectivity index (χ0) is 21.9. The summed E-state index contributed by atoms with van der Waals surface area (Å²) < 4.78 is 38.4. The minimum Gasteiger partial charge on any atom is -0.497 e. The predicted molar refractivity (Wildman–Crippen MR) is 116 cm³/mol. The maximum atomic E-state index is 13.3. The van der Waals surface area contributed by atoms with E-state index in [0.29, 0.717) is 25.1 Å². The molecule has 0 saturated carbocycles. The van der Waals surface area contributed by atoms with Crippen molar-refractivity contribution in [3.8, 4) is 11.5 Å². The first kappa shape index (κ1) is 22.1. The largest absolute Gasteiger partial charge is 0.497 e. The van der Waals surface area contributed by atoms with Gasteiger partial charge in [0.15, 0.2) is 0 Å². The van der Waals surface area contributed by atoms with Crippen LogP contribution in [0, 0.1) is 19.8 Å². The lowest BCUT2D eigenvalue weighted by Gasteiger charge is -2.31. The van der Waals surface area contributed by atoms with Crippen LogP contribution in [0.15, 0.2) is 41.3 Å². The number of amides is 1. The molecule has 1 heterocycles.